The number of carboxylic acid groups (broad SMARTS) is 1. The maximum atomic E-state index is 11.0. The summed E-state index contributed by atoms with van der Waals surface area (Å²) in [5, 5.41) is 12.3. The third kappa shape index (κ3) is 4.30. The molecule has 0 saturated carbocycles. The van der Waals surface area contributed by atoms with Crippen molar-refractivity contribution in [2.75, 3.05) is 4.90 Å². The van der Waals surface area contributed by atoms with E-state index >= 15 is 0 Å². The first-order valence-electron chi connectivity index (χ1n) is 6.97. The zero-order valence-corrected chi connectivity index (χ0v) is 13.1. The van der Waals surface area contributed by atoms with Crippen LogP contribution in [-0.4, -0.2) is 22.2 Å². The summed E-state index contributed by atoms with van der Waals surface area (Å²) < 4.78 is 0. The molecule has 0 aliphatic heterocycles. The molecule has 4 nitrogen and oxygen atoms in total. The molecule has 0 radical (unpaired) electrons. The SMILES string of the molecule is C[C@H](NC(=S)N(Cc1ccccc1)c1ccccc1)C(=O)O. The number of thiocarbonyl (C=S) groups is 1. The number of carboxylic acids is 1. The fourth-order valence-electron chi connectivity index (χ4n) is 1.98. The van der Waals surface area contributed by atoms with Crippen molar-refractivity contribution < 1.29 is 9.90 Å². The van der Waals surface area contributed by atoms with E-state index in [0.29, 0.717) is 11.7 Å². The van der Waals surface area contributed by atoms with Crippen molar-refractivity contribution in [3.63, 3.8) is 0 Å². The molecule has 114 valence electrons. The fourth-order valence-corrected chi connectivity index (χ4v) is 2.33. The highest BCUT2D eigenvalue weighted by Gasteiger charge is 2.17. The lowest BCUT2D eigenvalue weighted by atomic mass is 10.2. The fraction of sp³-hybridized carbons (Fsp3) is 0.176. The summed E-state index contributed by atoms with van der Waals surface area (Å²) in [6, 6.07) is 18.9. The summed E-state index contributed by atoms with van der Waals surface area (Å²) in [6.45, 7) is 2.14. The molecule has 0 spiro atoms. The van der Waals surface area contributed by atoms with Crippen LogP contribution >= 0.6 is 12.2 Å². The summed E-state index contributed by atoms with van der Waals surface area (Å²) in [7, 11) is 0. The summed E-state index contributed by atoms with van der Waals surface area (Å²) in [5.41, 5.74) is 2.01. The smallest absolute Gasteiger partial charge is 0.325 e. The number of para-hydroxylation sites is 1. The van der Waals surface area contributed by atoms with Crippen LogP contribution in [0.1, 0.15) is 12.5 Å². The van der Waals surface area contributed by atoms with E-state index in [1.807, 2.05) is 65.6 Å². The molecule has 22 heavy (non-hydrogen) atoms. The Morgan fingerprint density at radius 2 is 1.68 bits per heavy atom. The largest absolute Gasteiger partial charge is 0.480 e. The van der Waals surface area contributed by atoms with Crippen molar-refractivity contribution in [2.45, 2.75) is 19.5 Å². The van der Waals surface area contributed by atoms with Crippen LogP contribution in [0.3, 0.4) is 0 Å². The van der Waals surface area contributed by atoms with Crippen molar-refractivity contribution >= 4 is 29.0 Å². The number of hydrogen-bond acceptors (Lipinski definition) is 2. The van der Waals surface area contributed by atoms with Crippen molar-refractivity contribution in [2.24, 2.45) is 0 Å². The predicted octanol–water partition coefficient (Wildman–Crippen LogP) is 3.04. The summed E-state index contributed by atoms with van der Waals surface area (Å²) in [4.78, 5) is 12.9. The molecule has 0 aliphatic carbocycles. The van der Waals surface area contributed by atoms with Gasteiger partial charge in [0.15, 0.2) is 5.11 Å². The van der Waals surface area contributed by atoms with Gasteiger partial charge in [-0.3, -0.25) is 4.79 Å². The number of hydrogen-bond donors (Lipinski definition) is 2. The summed E-state index contributed by atoms with van der Waals surface area (Å²) >= 11 is 5.40. The predicted molar refractivity (Wildman–Crippen MR) is 91.9 cm³/mol. The van der Waals surface area contributed by atoms with Crippen LogP contribution in [0.2, 0.25) is 0 Å². The van der Waals surface area contributed by atoms with Crippen LogP contribution in [-0.2, 0) is 11.3 Å². The number of benzene rings is 2. The number of rotatable bonds is 5. The standard InChI is InChI=1S/C17H18N2O2S/c1-13(16(20)21)18-17(22)19(15-10-6-3-7-11-15)12-14-8-4-2-5-9-14/h2-11,13H,12H2,1H3,(H,18,22)(H,20,21)/t13-/m0/s1. The van der Waals surface area contributed by atoms with E-state index in [1.165, 1.54) is 0 Å². The molecule has 5 heteroatoms. The van der Waals surface area contributed by atoms with Gasteiger partial charge in [0.1, 0.15) is 6.04 Å². The van der Waals surface area contributed by atoms with E-state index < -0.39 is 12.0 Å². The van der Waals surface area contributed by atoms with E-state index in [2.05, 4.69) is 5.32 Å². The normalized spacial score (nSPS) is 11.5. The van der Waals surface area contributed by atoms with E-state index in [-0.39, 0.29) is 0 Å². The molecular formula is C17H18N2O2S. The molecule has 0 aromatic heterocycles. The second kappa shape index (κ2) is 7.56. The van der Waals surface area contributed by atoms with E-state index in [1.54, 1.807) is 6.92 Å². The molecule has 2 aromatic rings. The molecule has 0 unspecified atom stereocenters. The van der Waals surface area contributed by atoms with Crippen molar-refractivity contribution in [1.29, 1.82) is 0 Å². The Bertz CT molecular complexity index is 632. The van der Waals surface area contributed by atoms with Gasteiger partial charge in [-0.15, -0.1) is 0 Å². The molecule has 0 saturated heterocycles. The van der Waals surface area contributed by atoms with Gasteiger partial charge in [0.2, 0.25) is 0 Å². The Morgan fingerprint density at radius 3 is 2.23 bits per heavy atom. The van der Waals surface area contributed by atoms with Gasteiger partial charge in [-0.05, 0) is 36.8 Å². The van der Waals surface area contributed by atoms with Gasteiger partial charge in [-0.25, -0.2) is 0 Å². The van der Waals surface area contributed by atoms with Gasteiger partial charge in [0.25, 0.3) is 0 Å². The molecule has 2 N–H and O–H groups in total. The molecule has 0 amide bonds. The minimum absolute atomic E-state index is 0.393. The first-order chi connectivity index (χ1) is 10.6. The minimum Gasteiger partial charge on any atom is -0.480 e. The highest BCUT2D eigenvalue weighted by molar-refractivity contribution is 7.80. The topological polar surface area (TPSA) is 52.6 Å². The van der Waals surface area contributed by atoms with Gasteiger partial charge >= 0.3 is 5.97 Å². The Hall–Kier alpha value is -2.40. The zero-order chi connectivity index (χ0) is 15.9. The van der Waals surface area contributed by atoms with Gasteiger partial charge in [0.05, 0.1) is 6.54 Å². The average Bonchev–Trinajstić information content (AvgIpc) is 2.54. The van der Waals surface area contributed by atoms with Crippen molar-refractivity contribution in [1.82, 2.24) is 5.32 Å². The number of anilines is 1. The second-order valence-electron chi connectivity index (χ2n) is 4.92. The maximum Gasteiger partial charge on any atom is 0.325 e. The molecule has 1 atom stereocenters. The van der Waals surface area contributed by atoms with Crippen LogP contribution < -0.4 is 10.2 Å². The minimum atomic E-state index is -0.935. The lowest BCUT2D eigenvalue weighted by Crippen LogP contribution is -2.46. The molecule has 2 rings (SSSR count). The molecule has 0 aliphatic rings. The Labute approximate surface area is 135 Å². The van der Waals surface area contributed by atoms with Gasteiger partial charge in [-0.2, -0.15) is 0 Å². The number of nitrogens with zero attached hydrogens (tertiary/aromatic N) is 1. The Balaban J connectivity index is 2.22. The second-order valence-corrected chi connectivity index (χ2v) is 5.30. The number of carbonyl (C=O) groups is 1. The number of aliphatic carboxylic acids is 1. The van der Waals surface area contributed by atoms with Gasteiger partial charge in [0, 0.05) is 5.69 Å². The van der Waals surface area contributed by atoms with Crippen LogP contribution in [0.5, 0.6) is 0 Å². The van der Waals surface area contributed by atoms with Crippen molar-refractivity contribution in [3.8, 4) is 0 Å². The monoisotopic (exact) mass is 314 g/mol. The lowest BCUT2D eigenvalue weighted by Gasteiger charge is -2.27. The molecule has 0 heterocycles. The van der Waals surface area contributed by atoms with Crippen LogP contribution in [0.15, 0.2) is 60.7 Å². The Kier molecular flexibility index (Phi) is 5.49. The first-order valence-corrected chi connectivity index (χ1v) is 7.38. The molecule has 2 aromatic carbocycles. The summed E-state index contributed by atoms with van der Waals surface area (Å²) in [6.07, 6.45) is 0. The maximum absolute atomic E-state index is 11.0. The van der Waals surface area contributed by atoms with Gasteiger partial charge < -0.3 is 15.3 Å². The number of nitrogens with one attached hydrogen (secondary N) is 1. The highest BCUT2D eigenvalue weighted by atomic mass is 32.1. The Morgan fingerprint density at radius 1 is 1.14 bits per heavy atom. The summed E-state index contributed by atoms with van der Waals surface area (Å²) in [5.74, 6) is -0.935. The first kappa shape index (κ1) is 16.0. The zero-order valence-electron chi connectivity index (χ0n) is 12.3. The van der Waals surface area contributed by atoms with Crippen LogP contribution in [0.25, 0.3) is 0 Å². The quantitative estimate of drug-likeness (QED) is 0.831. The third-order valence-electron chi connectivity index (χ3n) is 3.21. The van der Waals surface area contributed by atoms with Crippen LogP contribution in [0, 0.1) is 0 Å². The highest BCUT2D eigenvalue weighted by Crippen LogP contribution is 2.17. The van der Waals surface area contributed by atoms with Crippen molar-refractivity contribution in [3.05, 3.63) is 66.2 Å². The van der Waals surface area contributed by atoms with E-state index in [0.717, 1.165) is 11.3 Å². The van der Waals surface area contributed by atoms with E-state index in [9.17, 15) is 4.79 Å². The average molecular weight is 314 g/mol. The van der Waals surface area contributed by atoms with Gasteiger partial charge in [-0.1, -0.05) is 48.5 Å². The molecule has 0 fully saturated rings. The molecule has 0 bridgehead atoms. The molecular weight excluding hydrogens is 296 g/mol. The van der Waals surface area contributed by atoms with Crippen LogP contribution in [0.4, 0.5) is 5.69 Å². The third-order valence-corrected chi connectivity index (χ3v) is 3.55. The van der Waals surface area contributed by atoms with E-state index in [4.69, 9.17) is 17.3 Å². The lowest BCUT2D eigenvalue weighted by molar-refractivity contribution is -0.138.